The second kappa shape index (κ2) is 7.97. The van der Waals surface area contributed by atoms with Gasteiger partial charge in [-0.15, -0.1) is 0 Å². The van der Waals surface area contributed by atoms with Crippen molar-refractivity contribution in [2.45, 2.75) is 37.8 Å². The van der Waals surface area contributed by atoms with Crippen LogP contribution in [0.5, 0.6) is 0 Å². The molecule has 4 nitrogen and oxygen atoms in total. The number of esters is 1. The smallest absolute Gasteiger partial charge is 0.328 e. The number of amides is 1. The summed E-state index contributed by atoms with van der Waals surface area (Å²) in [6.45, 7) is 0. The van der Waals surface area contributed by atoms with Gasteiger partial charge in [0.2, 0.25) is 5.91 Å². The Labute approximate surface area is 148 Å². The number of methoxy groups -OCH3 is 1. The van der Waals surface area contributed by atoms with E-state index in [1.807, 2.05) is 48.5 Å². The first kappa shape index (κ1) is 17.2. The third kappa shape index (κ3) is 3.90. The zero-order chi connectivity index (χ0) is 17.6. The van der Waals surface area contributed by atoms with Crippen LogP contribution in [0.2, 0.25) is 0 Å². The zero-order valence-corrected chi connectivity index (χ0v) is 14.4. The number of hydrogen-bond acceptors (Lipinski definition) is 3. The lowest BCUT2D eigenvalue weighted by Gasteiger charge is -2.32. The summed E-state index contributed by atoms with van der Waals surface area (Å²) in [5, 5.41) is 0. The molecule has 1 aliphatic rings. The highest BCUT2D eigenvalue weighted by atomic mass is 16.5. The molecule has 25 heavy (non-hydrogen) atoms. The molecular weight excluding hydrogens is 314 g/mol. The third-order valence-electron chi connectivity index (χ3n) is 4.80. The van der Waals surface area contributed by atoms with Crippen LogP contribution in [0, 0.1) is 0 Å². The molecule has 2 aromatic rings. The first-order valence-corrected chi connectivity index (χ1v) is 8.68. The van der Waals surface area contributed by atoms with Crippen LogP contribution >= 0.6 is 0 Å². The van der Waals surface area contributed by atoms with Crippen LogP contribution in [-0.4, -0.2) is 29.9 Å². The molecule has 0 radical (unpaired) electrons. The Bertz CT molecular complexity index is 714. The predicted molar refractivity (Wildman–Crippen MR) is 95.8 cm³/mol. The summed E-state index contributed by atoms with van der Waals surface area (Å²) >= 11 is 0. The number of aryl methyl sites for hydroxylation is 1. The average Bonchev–Trinajstić information content (AvgIpc) is 3.04. The van der Waals surface area contributed by atoms with Gasteiger partial charge in [-0.1, -0.05) is 60.7 Å². The fraction of sp³-hybridized carbons (Fsp3) is 0.333. The van der Waals surface area contributed by atoms with Crippen molar-refractivity contribution >= 4 is 11.9 Å². The van der Waals surface area contributed by atoms with Gasteiger partial charge in [-0.25, -0.2) is 4.79 Å². The molecule has 3 rings (SSSR count). The van der Waals surface area contributed by atoms with Crippen molar-refractivity contribution in [1.82, 2.24) is 4.90 Å². The number of nitrogens with zero attached hydrogens (tertiary/aromatic N) is 1. The Kier molecular flexibility index (Phi) is 5.49. The number of hydrogen-bond donors (Lipinski definition) is 0. The fourth-order valence-electron chi connectivity index (χ4n) is 3.55. The normalized spacial score (nSPS) is 18.2. The van der Waals surface area contributed by atoms with Crippen LogP contribution in [-0.2, 0) is 20.7 Å². The number of carbonyl (C=O) groups is 2. The molecule has 130 valence electrons. The third-order valence-corrected chi connectivity index (χ3v) is 4.80. The summed E-state index contributed by atoms with van der Waals surface area (Å²) in [7, 11) is 1.38. The van der Waals surface area contributed by atoms with Crippen LogP contribution in [0.3, 0.4) is 0 Å². The van der Waals surface area contributed by atoms with Crippen molar-refractivity contribution in [3.8, 4) is 0 Å². The second-order valence-electron chi connectivity index (χ2n) is 6.33. The van der Waals surface area contributed by atoms with Crippen LogP contribution in [0.4, 0.5) is 0 Å². The minimum atomic E-state index is -0.488. The summed E-state index contributed by atoms with van der Waals surface area (Å²) in [6, 6.07) is 19.5. The zero-order valence-electron chi connectivity index (χ0n) is 14.4. The molecule has 1 fully saturated rings. The van der Waals surface area contributed by atoms with Crippen LogP contribution in [0.15, 0.2) is 60.7 Å². The summed E-state index contributed by atoms with van der Waals surface area (Å²) in [5.41, 5.74) is 2.28. The molecule has 0 saturated carbocycles. The fourth-order valence-corrected chi connectivity index (χ4v) is 3.55. The van der Waals surface area contributed by atoms with Gasteiger partial charge in [-0.3, -0.25) is 4.79 Å². The Morgan fingerprint density at radius 3 is 2.40 bits per heavy atom. The van der Waals surface area contributed by atoms with Crippen molar-refractivity contribution in [1.29, 1.82) is 0 Å². The monoisotopic (exact) mass is 337 g/mol. The number of likely N-dealkylation sites (tertiary alicyclic amines) is 1. The van der Waals surface area contributed by atoms with Crippen molar-refractivity contribution in [2.24, 2.45) is 0 Å². The first-order chi connectivity index (χ1) is 12.2. The van der Waals surface area contributed by atoms with Crippen molar-refractivity contribution in [3.05, 3.63) is 71.8 Å². The summed E-state index contributed by atoms with van der Waals surface area (Å²) in [6.07, 6.45) is 2.54. The lowest BCUT2D eigenvalue weighted by atomic mass is 9.96. The summed E-state index contributed by atoms with van der Waals surface area (Å²) < 4.78 is 4.93. The van der Waals surface area contributed by atoms with E-state index in [-0.39, 0.29) is 17.9 Å². The number of rotatable bonds is 6. The van der Waals surface area contributed by atoms with Gasteiger partial charge < -0.3 is 9.64 Å². The van der Waals surface area contributed by atoms with Gasteiger partial charge in [0, 0.05) is 6.42 Å². The minimum absolute atomic E-state index is 0.0253. The number of ether oxygens (including phenoxy) is 1. The quantitative estimate of drug-likeness (QED) is 0.758. The lowest BCUT2D eigenvalue weighted by Crippen LogP contribution is -2.42. The van der Waals surface area contributed by atoms with Gasteiger partial charge >= 0.3 is 5.97 Å². The Hall–Kier alpha value is -2.62. The van der Waals surface area contributed by atoms with Crippen molar-refractivity contribution in [2.75, 3.05) is 7.11 Å². The van der Waals surface area contributed by atoms with E-state index in [2.05, 4.69) is 12.1 Å². The first-order valence-electron chi connectivity index (χ1n) is 8.68. The maximum atomic E-state index is 12.5. The SMILES string of the molecule is COC(=O)C1CCC(=O)N1C(CCc1ccccc1)c1ccccc1. The molecular formula is C21H23NO3. The van der Waals surface area contributed by atoms with Crippen LogP contribution in [0.25, 0.3) is 0 Å². The van der Waals surface area contributed by atoms with E-state index >= 15 is 0 Å². The van der Waals surface area contributed by atoms with E-state index in [1.165, 1.54) is 12.7 Å². The molecule has 1 heterocycles. The number of benzene rings is 2. The minimum Gasteiger partial charge on any atom is -0.467 e. The average molecular weight is 337 g/mol. The molecule has 0 aliphatic carbocycles. The van der Waals surface area contributed by atoms with Crippen molar-refractivity contribution in [3.63, 3.8) is 0 Å². The van der Waals surface area contributed by atoms with Gasteiger partial charge in [0.05, 0.1) is 13.2 Å². The van der Waals surface area contributed by atoms with E-state index in [9.17, 15) is 9.59 Å². The van der Waals surface area contributed by atoms with E-state index in [0.29, 0.717) is 12.8 Å². The largest absolute Gasteiger partial charge is 0.467 e. The predicted octanol–water partition coefficient (Wildman–Crippen LogP) is 3.52. The maximum absolute atomic E-state index is 12.5. The van der Waals surface area contributed by atoms with E-state index in [4.69, 9.17) is 4.74 Å². The van der Waals surface area contributed by atoms with Crippen LogP contribution in [0.1, 0.15) is 36.4 Å². The molecule has 2 aromatic carbocycles. The molecule has 1 saturated heterocycles. The highest BCUT2D eigenvalue weighted by Gasteiger charge is 2.41. The maximum Gasteiger partial charge on any atom is 0.328 e. The van der Waals surface area contributed by atoms with E-state index in [0.717, 1.165) is 18.4 Å². The topological polar surface area (TPSA) is 46.6 Å². The molecule has 1 amide bonds. The summed E-state index contributed by atoms with van der Waals surface area (Å²) in [5.74, 6) is -0.302. The summed E-state index contributed by atoms with van der Waals surface area (Å²) in [4.78, 5) is 26.5. The van der Waals surface area contributed by atoms with Gasteiger partial charge in [0.15, 0.2) is 0 Å². The Morgan fingerprint density at radius 2 is 1.76 bits per heavy atom. The Morgan fingerprint density at radius 1 is 1.12 bits per heavy atom. The standard InChI is InChI=1S/C21H23NO3/c1-25-21(24)19-14-15-20(23)22(19)18(17-10-6-3-7-11-17)13-12-16-8-4-2-5-9-16/h2-11,18-19H,12-15H2,1H3. The molecule has 2 unspecified atom stereocenters. The molecule has 0 N–H and O–H groups in total. The van der Waals surface area contributed by atoms with Gasteiger partial charge in [-0.05, 0) is 30.4 Å². The van der Waals surface area contributed by atoms with Gasteiger partial charge in [0.1, 0.15) is 6.04 Å². The van der Waals surface area contributed by atoms with Gasteiger partial charge in [-0.2, -0.15) is 0 Å². The van der Waals surface area contributed by atoms with E-state index < -0.39 is 6.04 Å². The molecule has 0 aromatic heterocycles. The van der Waals surface area contributed by atoms with Crippen molar-refractivity contribution < 1.29 is 14.3 Å². The highest BCUT2D eigenvalue weighted by molar-refractivity contribution is 5.88. The van der Waals surface area contributed by atoms with E-state index in [1.54, 1.807) is 4.90 Å². The number of carbonyl (C=O) groups excluding carboxylic acids is 2. The molecule has 1 aliphatic heterocycles. The Balaban J connectivity index is 1.87. The highest BCUT2D eigenvalue weighted by Crippen LogP contribution is 2.34. The van der Waals surface area contributed by atoms with Gasteiger partial charge in [0.25, 0.3) is 0 Å². The molecule has 4 heteroatoms. The molecule has 2 atom stereocenters. The molecule has 0 bridgehead atoms. The molecule has 0 spiro atoms. The van der Waals surface area contributed by atoms with Crippen LogP contribution < -0.4 is 0 Å². The second-order valence-corrected chi connectivity index (χ2v) is 6.33. The lowest BCUT2D eigenvalue weighted by molar-refractivity contribution is -0.151.